The summed E-state index contributed by atoms with van der Waals surface area (Å²) in [4.78, 5) is 29.4. The van der Waals surface area contributed by atoms with Crippen molar-refractivity contribution in [3.05, 3.63) is 0 Å². The molecule has 0 radical (unpaired) electrons. The number of hydrogen-bond acceptors (Lipinski definition) is 6. The van der Waals surface area contributed by atoms with Crippen molar-refractivity contribution in [2.75, 3.05) is 39.3 Å². The molecule has 2 N–H and O–H groups in total. The number of piperidine rings is 1. The standard InChI is InChI=1S/C22H40N4O3.2ClH/c1-18(2)16-20(21(28)29-22(24-17-27)8-4-3-5-9-22)26-14-12-25(13-15-26)19-6-10-23-11-7-19;;/h17-20,23H,3-16H2,1-2H3,(H,24,27);2*1H. The highest BCUT2D eigenvalue weighted by Crippen LogP contribution is 2.30. The maximum Gasteiger partial charge on any atom is 0.325 e. The van der Waals surface area contributed by atoms with E-state index in [1.54, 1.807) is 0 Å². The highest BCUT2D eigenvalue weighted by molar-refractivity contribution is 5.85. The molecular weight excluding hydrogens is 439 g/mol. The molecule has 0 bridgehead atoms. The van der Waals surface area contributed by atoms with E-state index in [4.69, 9.17) is 4.74 Å². The minimum Gasteiger partial charge on any atom is -0.438 e. The smallest absolute Gasteiger partial charge is 0.325 e. The predicted molar refractivity (Wildman–Crippen MR) is 128 cm³/mol. The molecule has 31 heavy (non-hydrogen) atoms. The van der Waals surface area contributed by atoms with E-state index in [9.17, 15) is 9.59 Å². The van der Waals surface area contributed by atoms with Gasteiger partial charge in [-0.1, -0.05) is 20.3 Å². The fourth-order valence-corrected chi connectivity index (χ4v) is 5.19. The Hall–Kier alpha value is -0.600. The van der Waals surface area contributed by atoms with E-state index in [-0.39, 0.29) is 36.8 Å². The topological polar surface area (TPSA) is 73.9 Å². The van der Waals surface area contributed by atoms with Crippen molar-refractivity contribution in [3.8, 4) is 0 Å². The molecular formula is C22H42Cl2N4O3. The van der Waals surface area contributed by atoms with E-state index < -0.39 is 5.72 Å². The van der Waals surface area contributed by atoms with E-state index in [0.29, 0.717) is 18.4 Å². The number of carbonyl (C=O) groups is 2. The Morgan fingerprint density at radius 3 is 2.26 bits per heavy atom. The molecule has 1 amide bonds. The van der Waals surface area contributed by atoms with Gasteiger partial charge in [-0.2, -0.15) is 0 Å². The maximum absolute atomic E-state index is 13.3. The van der Waals surface area contributed by atoms with Gasteiger partial charge in [0.15, 0.2) is 5.72 Å². The van der Waals surface area contributed by atoms with Crippen LogP contribution in [0.2, 0.25) is 0 Å². The number of halogens is 2. The molecule has 0 spiro atoms. The summed E-state index contributed by atoms with van der Waals surface area (Å²) >= 11 is 0. The van der Waals surface area contributed by atoms with Crippen LogP contribution in [0.4, 0.5) is 0 Å². The minimum absolute atomic E-state index is 0. The van der Waals surface area contributed by atoms with Crippen LogP contribution in [-0.4, -0.2) is 79.3 Å². The SMILES string of the molecule is CC(C)CC(C(=O)OC1(NC=O)CCCCC1)N1CCN(C2CCNCC2)CC1.Cl.Cl. The highest BCUT2D eigenvalue weighted by atomic mass is 35.5. The lowest BCUT2D eigenvalue weighted by Gasteiger charge is -2.44. The van der Waals surface area contributed by atoms with Gasteiger partial charge in [-0.3, -0.25) is 19.4 Å². The van der Waals surface area contributed by atoms with Crippen molar-refractivity contribution in [3.63, 3.8) is 0 Å². The second-order valence-corrected chi connectivity index (χ2v) is 9.44. The number of carbonyl (C=O) groups excluding carboxylic acids is 2. The number of nitrogens with zero attached hydrogens (tertiary/aromatic N) is 2. The fraction of sp³-hybridized carbons (Fsp3) is 0.909. The summed E-state index contributed by atoms with van der Waals surface area (Å²) in [5.41, 5.74) is -0.802. The average molecular weight is 482 g/mol. The molecule has 2 aliphatic heterocycles. The largest absolute Gasteiger partial charge is 0.438 e. The zero-order valence-corrected chi connectivity index (χ0v) is 20.8. The summed E-state index contributed by atoms with van der Waals surface area (Å²) in [6.45, 7) is 10.4. The number of nitrogens with one attached hydrogen (secondary N) is 2. The molecule has 3 rings (SSSR count). The van der Waals surface area contributed by atoms with Gasteiger partial charge in [0.2, 0.25) is 6.41 Å². The summed E-state index contributed by atoms with van der Waals surface area (Å²) in [6, 6.07) is 0.452. The lowest BCUT2D eigenvalue weighted by Crippen LogP contribution is -2.58. The molecule has 182 valence electrons. The molecule has 1 unspecified atom stereocenters. The van der Waals surface area contributed by atoms with Crippen LogP contribution in [0.5, 0.6) is 0 Å². The van der Waals surface area contributed by atoms with Gasteiger partial charge in [0, 0.05) is 45.1 Å². The van der Waals surface area contributed by atoms with Crippen molar-refractivity contribution in [1.82, 2.24) is 20.4 Å². The van der Waals surface area contributed by atoms with Crippen LogP contribution in [0.15, 0.2) is 0 Å². The summed E-state index contributed by atoms with van der Waals surface area (Å²) < 4.78 is 6.03. The van der Waals surface area contributed by atoms with Gasteiger partial charge in [-0.15, -0.1) is 24.8 Å². The summed E-state index contributed by atoms with van der Waals surface area (Å²) in [5.74, 6) is 0.251. The number of piperazine rings is 1. The van der Waals surface area contributed by atoms with Crippen LogP contribution < -0.4 is 10.6 Å². The third-order valence-electron chi connectivity index (χ3n) is 6.86. The van der Waals surface area contributed by atoms with Crippen molar-refractivity contribution in [1.29, 1.82) is 0 Å². The van der Waals surface area contributed by atoms with E-state index in [2.05, 4.69) is 34.3 Å². The predicted octanol–water partition coefficient (Wildman–Crippen LogP) is 2.56. The monoisotopic (exact) mass is 480 g/mol. The first-order chi connectivity index (χ1) is 14.0. The van der Waals surface area contributed by atoms with Crippen LogP contribution in [-0.2, 0) is 14.3 Å². The van der Waals surface area contributed by atoms with Crippen molar-refractivity contribution >= 4 is 37.2 Å². The van der Waals surface area contributed by atoms with Crippen LogP contribution in [0.1, 0.15) is 65.2 Å². The Balaban J connectivity index is 0.00000240. The first kappa shape index (κ1) is 28.4. The van der Waals surface area contributed by atoms with Gasteiger partial charge >= 0.3 is 5.97 Å². The lowest BCUT2D eigenvalue weighted by atomic mass is 9.91. The van der Waals surface area contributed by atoms with E-state index in [1.165, 1.54) is 12.8 Å². The minimum atomic E-state index is -0.802. The summed E-state index contributed by atoms with van der Waals surface area (Å²) in [5, 5.41) is 6.27. The molecule has 3 fully saturated rings. The van der Waals surface area contributed by atoms with Crippen molar-refractivity contribution < 1.29 is 14.3 Å². The number of hydrogen-bond donors (Lipinski definition) is 2. The number of esters is 1. The van der Waals surface area contributed by atoms with Crippen LogP contribution in [0.3, 0.4) is 0 Å². The van der Waals surface area contributed by atoms with Gasteiger partial charge < -0.3 is 15.4 Å². The fourth-order valence-electron chi connectivity index (χ4n) is 5.19. The number of amides is 1. The molecule has 2 saturated heterocycles. The molecule has 7 nitrogen and oxygen atoms in total. The second kappa shape index (κ2) is 13.8. The molecule has 1 atom stereocenters. The Kier molecular flexibility index (Phi) is 12.7. The lowest BCUT2D eigenvalue weighted by molar-refractivity contribution is -0.176. The molecule has 1 saturated carbocycles. The summed E-state index contributed by atoms with van der Waals surface area (Å²) in [6.07, 6.45) is 8.46. The quantitative estimate of drug-likeness (QED) is 0.316. The molecule has 2 heterocycles. The molecule has 0 aromatic carbocycles. The van der Waals surface area contributed by atoms with Crippen LogP contribution in [0.25, 0.3) is 0 Å². The van der Waals surface area contributed by atoms with Gasteiger partial charge in [0.25, 0.3) is 0 Å². The third-order valence-corrected chi connectivity index (χ3v) is 6.86. The van der Waals surface area contributed by atoms with Gasteiger partial charge in [0.1, 0.15) is 6.04 Å². The van der Waals surface area contributed by atoms with Crippen LogP contribution >= 0.6 is 24.8 Å². The Bertz CT molecular complexity index is 533. The molecule has 0 aromatic heterocycles. The number of ether oxygens (including phenoxy) is 1. The first-order valence-electron chi connectivity index (χ1n) is 11.7. The van der Waals surface area contributed by atoms with Crippen molar-refractivity contribution in [2.45, 2.75) is 83.0 Å². The molecule has 3 aliphatic rings. The Morgan fingerprint density at radius 1 is 1.10 bits per heavy atom. The van der Waals surface area contributed by atoms with E-state index in [0.717, 1.165) is 77.8 Å². The van der Waals surface area contributed by atoms with Gasteiger partial charge in [-0.25, -0.2) is 0 Å². The highest BCUT2D eigenvalue weighted by Gasteiger charge is 2.40. The zero-order chi connectivity index (χ0) is 20.7. The Labute approximate surface area is 200 Å². The third kappa shape index (κ3) is 8.04. The average Bonchev–Trinajstić information content (AvgIpc) is 2.73. The maximum atomic E-state index is 13.3. The van der Waals surface area contributed by atoms with Crippen LogP contribution in [0, 0.1) is 5.92 Å². The molecule has 1 aliphatic carbocycles. The first-order valence-corrected chi connectivity index (χ1v) is 11.7. The second-order valence-electron chi connectivity index (χ2n) is 9.44. The molecule has 9 heteroatoms. The van der Waals surface area contributed by atoms with Gasteiger partial charge in [-0.05, 0) is 51.1 Å². The van der Waals surface area contributed by atoms with E-state index >= 15 is 0 Å². The molecule has 0 aromatic rings. The summed E-state index contributed by atoms with van der Waals surface area (Å²) in [7, 11) is 0. The normalized spacial score (nSPS) is 23.8. The van der Waals surface area contributed by atoms with Gasteiger partial charge in [0.05, 0.1) is 0 Å². The van der Waals surface area contributed by atoms with E-state index in [1.807, 2.05) is 0 Å². The van der Waals surface area contributed by atoms with Crippen molar-refractivity contribution in [2.24, 2.45) is 5.92 Å². The number of rotatable bonds is 8. The Morgan fingerprint density at radius 2 is 1.71 bits per heavy atom. The zero-order valence-electron chi connectivity index (χ0n) is 19.1.